The van der Waals surface area contributed by atoms with Crippen molar-refractivity contribution in [2.24, 2.45) is 0 Å². The van der Waals surface area contributed by atoms with Crippen molar-refractivity contribution in [3.05, 3.63) is 158 Å². The standard InChI is InChI=1S/C26H26/c1-2-4-6-8-10-12-14-16-18-20-22-24-26-25-23-21-19-17-15-13-11-9-7-5-3-1/h1-26H. The molecule has 0 saturated carbocycles. The third-order valence-corrected chi connectivity index (χ3v) is 2.89. The molecule has 1 aromatic carbocycles. The minimum atomic E-state index is 2.00. The molecule has 0 heterocycles. The molecule has 0 fully saturated rings. The summed E-state index contributed by atoms with van der Waals surface area (Å²) in [7, 11) is 0. The van der Waals surface area contributed by atoms with Crippen LogP contribution in [0.4, 0.5) is 0 Å². The normalized spacial score (nSPS) is 8.00. The first-order chi connectivity index (χ1) is 13.0. The van der Waals surface area contributed by atoms with Crippen LogP contribution in [0.15, 0.2) is 158 Å². The van der Waals surface area contributed by atoms with Gasteiger partial charge in [0, 0.05) is 0 Å². The predicted octanol–water partition coefficient (Wildman–Crippen LogP) is 7.31. The van der Waals surface area contributed by atoms with Crippen LogP contribution in [0.1, 0.15) is 0 Å². The topological polar surface area (TPSA) is 0 Å². The first kappa shape index (κ1) is 20.7. The first-order valence-electron chi connectivity index (χ1n) is 8.67. The van der Waals surface area contributed by atoms with Crippen LogP contribution < -0.4 is 0 Å². The van der Waals surface area contributed by atoms with Crippen LogP contribution in [-0.4, -0.2) is 0 Å². The van der Waals surface area contributed by atoms with Gasteiger partial charge in [0.25, 0.3) is 0 Å². The smallest absolute Gasteiger partial charge is 0.0623 e. The Balaban J connectivity index is 3.00. The quantitative estimate of drug-likeness (QED) is 0.465. The van der Waals surface area contributed by atoms with E-state index in [1.54, 1.807) is 0 Å². The molecule has 0 amide bonds. The van der Waals surface area contributed by atoms with Crippen LogP contribution in [0, 0.1) is 0 Å². The molecule has 0 aliphatic carbocycles. The first-order valence-corrected chi connectivity index (χ1v) is 8.67. The Morgan fingerprint density at radius 3 is 0.154 bits per heavy atom. The molecule has 1 aromatic rings. The van der Waals surface area contributed by atoms with Crippen LogP contribution in [0.3, 0.4) is 0 Å². The summed E-state index contributed by atoms with van der Waals surface area (Å²) in [5.74, 6) is 0. The third-order valence-electron chi connectivity index (χ3n) is 2.89. The molecule has 0 radical (unpaired) electrons. The van der Waals surface area contributed by atoms with Crippen LogP contribution in [0.2, 0.25) is 0 Å². The maximum absolute atomic E-state index is 2.00. The van der Waals surface area contributed by atoms with Crippen molar-refractivity contribution in [2.45, 2.75) is 0 Å². The van der Waals surface area contributed by atoms with E-state index in [9.17, 15) is 0 Å². The van der Waals surface area contributed by atoms with E-state index in [1.807, 2.05) is 158 Å². The summed E-state index contributed by atoms with van der Waals surface area (Å²) in [6.07, 6.45) is 0. The van der Waals surface area contributed by atoms with Crippen LogP contribution in [0.25, 0.3) is 0 Å². The van der Waals surface area contributed by atoms with E-state index in [4.69, 9.17) is 0 Å². The van der Waals surface area contributed by atoms with Crippen LogP contribution in [0.5, 0.6) is 0 Å². The van der Waals surface area contributed by atoms with Gasteiger partial charge in [-0.15, -0.1) is 0 Å². The van der Waals surface area contributed by atoms with E-state index >= 15 is 0 Å². The molecule has 26 heavy (non-hydrogen) atoms. The summed E-state index contributed by atoms with van der Waals surface area (Å²) in [5.41, 5.74) is 0. The molecule has 0 atom stereocenters. The second-order valence-corrected chi connectivity index (χ2v) is 5.00. The van der Waals surface area contributed by atoms with Gasteiger partial charge in [0.2, 0.25) is 0 Å². The molecule has 0 aromatic heterocycles. The highest BCUT2D eigenvalue weighted by atomic mass is 13.7. The van der Waals surface area contributed by atoms with Crippen molar-refractivity contribution in [3.63, 3.8) is 0 Å². The SMILES string of the molecule is c1ccccccccccccccccccccccccc1. The Bertz CT molecular complexity index is 456. The van der Waals surface area contributed by atoms with Crippen LogP contribution in [-0.2, 0) is 0 Å². The highest BCUT2D eigenvalue weighted by Crippen LogP contribution is 1.81. The van der Waals surface area contributed by atoms with Crippen molar-refractivity contribution in [1.29, 1.82) is 0 Å². The third kappa shape index (κ3) is 15.5. The molecule has 0 spiro atoms. The molecule has 0 nitrogen and oxygen atoms in total. The summed E-state index contributed by atoms with van der Waals surface area (Å²) >= 11 is 0. The maximum atomic E-state index is 2.00. The molecule has 0 aliphatic rings. The number of rotatable bonds is 0. The number of hydrogen-bond donors (Lipinski definition) is 0. The molecule has 0 aliphatic heterocycles. The van der Waals surface area contributed by atoms with Gasteiger partial charge < -0.3 is 0 Å². The van der Waals surface area contributed by atoms with E-state index in [2.05, 4.69) is 0 Å². The van der Waals surface area contributed by atoms with Gasteiger partial charge in [0.1, 0.15) is 0 Å². The lowest BCUT2D eigenvalue weighted by atomic mass is 10.4. The number of hydrogen-bond acceptors (Lipinski definition) is 0. The fraction of sp³-hybridized carbons (Fsp3) is 0. The predicted molar refractivity (Wildman–Crippen MR) is 115 cm³/mol. The molecule has 1 rings (SSSR count). The zero-order valence-electron chi connectivity index (χ0n) is 15.0. The second kappa shape index (κ2) is 18.0. The highest BCUT2D eigenvalue weighted by Gasteiger charge is 1.59. The van der Waals surface area contributed by atoms with E-state index in [0.29, 0.717) is 0 Å². The molecule has 0 heteroatoms. The fourth-order valence-electron chi connectivity index (χ4n) is 1.67. The Labute approximate surface area is 158 Å². The monoisotopic (exact) mass is 338 g/mol. The molecule has 0 unspecified atom stereocenters. The largest absolute Gasteiger partial charge is 0.0623 e. The van der Waals surface area contributed by atoms with E-state index in [1.165, 1.54) is 0 Å². The van der Waals surface area contributed by atoms with Gasteiger partial charge in [-0.05, 0) is 0 Å². The van der Waals surface area contributed by atoms with Crippen molar-refractivity contribution >= 4 is 0 Å². The lowest BCUT2D eigenvalue weighted by Crippen LogP contribution is -1.47. The molecular weight excluding hydrogens is 312 g/mol. The Morgan fingerprint density at radius 2 is 0.115 bits per heavy atom. The van der Waals surface area contributed by atoms with E-state index in [0.717, 1.165) is 0 Å². The second-order valence-electron chi connectivity index (χ2n) is 5.00. The maximum Gasteiger partial charge on any atom is -0.0623 e. The van der Waals surface area contributed by atoms with Gasteiger partial charge in [0.15, 0.2) is 0 Å². The molecule has 0 N–H and O–H groups in total. The van der Waals surface area contributed by atoms with Crippen molar-refractivity contribution in [1.82, 2.24) is 0 Å². The Morgan fingerprint density at radius 1 is 0.0769 bits per heavy atom. The average Bonchev–Trinajstić information content (AvgIpc) is 2.65. The molecule has 130 valence electrons. The molecular formula is C26H26. The van der Waals surface area contributed by atoms with Crippen molar-refractivity contribution < 1.29 is 0 Å². The average molecular weight is 338 g/mol. The highest BCUT2D eigenvalue weighted by molar-refractivity contribution is 5.01. The summed E-state index contributed by atoms with van der Waals surface area (Å²) in [6.45, 7) is 0. The summed E-state index contributed by atoms with van der Waals surface area (Å²) in [4.78, 5) is 0. The van der Waals surface area contributed by atoms with E-state index < -0.39 is 0 Å². The summed E-state index contributed by atoms with van der Waals surface area (Å²) < 4.78 is 0. The lowest BCUT2D eigenvalue weighted by molar-refractivity contribution is 1.72. The molecule has 0 bridgehead atoms. The van der Waals surface area contributed by atoms with Gasteiger partial charge in [-0.1, -0.05) is 158 Å². The van der Waals surface area contributed by atoms with Gasteiger partial charge in [-0.25, -0.2) is 0 Å². The summed E-state index contributed by atoms with van der Waals surface area (Å²) in [5, 5.41) is 0. The van der Waals surface area contributed by atoms with E-state index in [-0.39, 0.29) is 0 Å². The zero-order valence-corrected chi connectivity index (χ0v) is 15.0. The van der Waals surface area contributed by atoms with Gasteiger partial charge in [0.05, 0.1) is 0 Å². The lowest BCUT2D eigenvalue weighted by Gasteiger charge is -1.69. The van der Waals surface area contributed by atoms with Crippen LogP contribution >= 0.6 is 0 Å². The zero-order chi connectivity index (χ0) is 18.4. The molecule has 0 saturated heterocycles. The van der Waals surface area contributed by atoms with Crippen molar-refractivity contribution in [2.75, 3.05) is 0 Å². The van der Waals surface area contributed by atoms with Gasteiger partial charge in [-0.2, -0.15) is 0 Å². The minimum Gasteiger partial charge on any atom is -0.0623 e. The van der Waals surface area contributed by atoms with Gasteiger partial charge in [-0.3, -0.25) is 0 Å². The fourth-order valence-corrected chi connectivity index (χ4v) is 1.67. The van der Waals surface area contributed by atoms with Crippen molar-refractivity contribution in [3.8, 4) is 0 Å². The Hall–Kier alpha value is -3.38. The minimum absolute atomic E-state index is 2.00. The van der Waals surface area contributed by atoms with Gasteiger partial charge >= 0.3 is 0 Å². The summed E-state index contributed by atoms with van der Waals surface area (Å²) in [6, 6.07) is 52.0. The Kier molecular flexibility index (Phi) is 14.3.